The number of ether oxygens (including phenoxy) is 1. The molecule has 0 saturated heterocycles. The Balaban J connectivity index is 4.12. The number of hydroxylamine groups is 1. The SMILES string of the molecule is COC(=O)C(CCC[NH+]=C(N)N)C(C)NO. The summed E-state index contributed by atoms with van der Waals surface area (Å²) in [5, 5.41) is 8.78. The Morgan fingerprint density at radius 3 is 2.62 bits per heavy atom. The van der Waals surface area contributed by atoms with E-state index in [2.05, 4.69) is 15.2 Å². The van der Waals surface area contributed by atoms with E-state index in [1.807, 2.05) is 0 Å². The van der Waals surface area contributed by atoms with Crippen molar-refractivity contribution in [3.05, 3.63) is 0 Å². The number of guanidine groups is 1. The summed E-state index contributed by atoms with van der Waals surface area (Å²) in [6, 6.07) is -0.355. The van der Waals surface area contributed by atoms with Gasteiger partial charge in [-0.25, -0.2) is 5.48 Å². The van der Waals surface area contributed by atoms with Crippen LogP contribution in [0.1, 0.15) is 19.8 Å². The summed E-state index contributed by atoms with van der Waals surface area (Å²) in [5.74, 6) is -0.586. The molecule has 0 aromatic rings. The van der Waals surface area contributed by atoms with E-state index in [9.17, 15) is 4.79 Å². The number of hydrogen-bond acceptors (Lipinski definition) is 4. The monoisotopic (exact) mass is 233 g/mol. The van der Waals surface area contributed by atoms with Crippen molar-refractivity contribution < 1.29 is 19.7 Å². The second kappa shape index (κ2) is 7.89. The van der Waals surface area contributed by atoms with E-state index in [1.165, 1.54) is 7.11 Å². The second-order valence-corrected chi connectivity index (χ2v) is 3.57. The summed E-state index contributed by atoms with van der Waals surface area (Å²) >= 11 is 0. The van der Waals surface area contributed by atoms with Crippen LogP contribution in [-0.2, 0) is 9.53 Å². The van der Waals surface area contributed by atoms with Crippen molar-refractivity contribution in [1.29, 1.82) is 0 Å². The lowest BCUT2D eigenvalue weighted by molar-refractivity contribution is -0.459. The number of nitrogens with one attached hydrogen (secondary N) is 2. The van der Waals surface area contributed by atoms with Crippen LogP contribution in [0.25, 0.3) is 0 Å². The first kappa shape index (κ1) is 14.7. The number of hydrogen-bond donors (Lipinski definition) is 5. The summed E-state index contributed by atoms with van der Waals surface area (Å²) in [7, 11) is 1.32. The van der Waals surface area contributed by atoms with Crippen LogP contribution in [0.5, 0.6) is 0 Å². The fraction of sp³-hybridized carbons (Fsp3) is 0.778. The Labute approximate surface area is 94.8 Å². The van der Waals surface area contributed by atoms with Crippen LogP contribution in [-0.4, -0.2) is 36.8 Å². The summed E-state index contributed by atoms with van der Waals surface area (Å²) in [4.78, 5) is 14.1. The zero-order chi connectivity index (χ0) is 12.6. The minimum absolute atomic E-state index is 0.156. The van der Waals surface area contributed by atoms with Gasteiger partial charge < -0.3 is 9.94 Å². The zero-order valence-corrected chi connectivity index (χ0v) is 9.69. The van der Waals surface area contributed by atoms with Gasteiger partial charge in [-0.15, -0.1) is 0 Å². The lowest BCUT2D eigenvalue weighted by Crippen LogP contribution is -2.78. The van der Waals surface area contributed by atoms with E-state index in [0.29, 0.717) is 19.4 Å². The molecule has 16 heavy (non-hydrogen) atoms. The average Bonchev–Trinajstić information content (AvgIpc) is 2.27. The molecule has 0 rings (SSSR count). The molecule has 7 heteroatoms. The molecule has 94 valence electrons. The molecule has 0 aliphatic rings. The van der Waals surface area contributed by atoms with Gasteiger partial charge in [-0.1, -0.05) is 0 Å². The normalized spacial score (nSPS) is 13.9. The third kappa shape index (κ3) is 5.52. The van der Waals surface area contributed by atoms with Gasteiger partial charge in [-0.05, 0) is 19.8 Å². The summed E-state index contributed by atoms with van der Waals surface area (Å²) < 4.78 is 4.65. The van der Waals surface area contributed by atoms with Crippen LogP contribution in [0.15, 0.2) is 0 Å². The Hall–Kier alpha value is -1.34. The Morgan fingerprint density at radius 2 is 2.19 bits per heavy atom. The number of esters is 1. The van der Waals surface area contributed by atoms with Crippen LogP contribution in [0.4, 0.5) is 0 Å². The van der Waals surface area contributed by atoms with Crippen molar-refractivity contribution >= 4 is 11.9 Å². The molecule has 0 aromatic heterocycles. The van der Waals surface area contributed by atoms with E-state index in [-0.39, 0.29) is 18.0 Å². The molecule has 0 amide bonds. The van der Waals surface area contributed by atoms with Gasteiger partial charge in [0.25, 0.3) is 0 Å². The van der Waals surface area contributed by atoms with Crippen molar-refractivity contribution in [2.45, 2.75) is 25.8 Å². The van der Waals surface area contributed by atoms with Crippen LogP contribution in [0, 0.1) is 5.92 Å². The topological polar surface area (TPSA) is 125 Å². The molecular weight excluding hydrogens is 212 g/mol. The highest BCUT2D eigenvalue weighted by Crippen LogP contribution is 2.12. The van der Waals surface area contributed by atoms with E-state index in [1.54, 1.807) is 6.92 Å². The van der Waals surface area contributed by atoms with Gasteiger partial charge in [-0.2, -0.15) is 0 Å². The van der Waals surface area contributed by atoms with Crippen LogP contribution in [0.3, 0.4) is 0 Å². The van der Waals surface area contributed by atoms with Crippen molar-refractivity contribution in [2.24, 2.45) is 17.4 Å². The quantitative estimate of drug-likeness (QED) is 0.107. The largest absolute Gasteiger partial charge is 0.469 e. The summed E-state index contributed by atoms with van der Waals surface area (Å²) in [6.07, 6.45) is 1.27. The smallest absolute Gasteiger partial charge is 0.338 e. The van der Waals surface area contributed by atoms with Gasteiger partial charge in [0.05, 0.1) is 19.6 Å². The van der Waals surface area contributed by atoms with Gasteiger partial charge in [-0.3, -0.25) is 21.3 Å². The molecular formula is C9H21N4O3+. The van der Waals surface area contributed by atoms with Crippen LogP contribution < -0.4 is 21.9 Å². The van der Waals surface area contributed by atoms with E-state index < -0.39 is 5.92 Å². The van der Waals surface area contributed by atoms with Gasteiger partial charge in [0.15, 0.2) is 0 Å². The zero-order valence-electron chi connectivity index (χ0n) is 9.69. The highest BCUT2D eigenvalue weighted by atomic mass is 16.5. The predicted molar refractivity (Wildman–Crippen MR) is 58.3 cm³/mol. The van der Waals surface area contributed by atoms with Crippen molar-refractivity contribution in [3.8, 4) is 0 Å². The molecule has 7 nitrogen and oxygen atoms in total. The first-order valence-electron chi connectivity index (χ1n) is 5.12. The third-order valence-electron chi connectivity index (χ3n) is 2.33. The van der Waals surface area contributed by atoms with Crippen LogP contribution in [0.2, 0.25) is 0 Å². The third-order valence-corrected chi connectivity index (χ3v) is 2.33. The number of carbonyl (C=O) groups is 1. The maximum atomic E-state index is 11.4. The van der Waals surface area contributed by atoms with E-state index in [0.717, 1.165) is 0 Å². The van der Waals surface area contributed by atoms with E-state index >= 15 is 0 Å². The number of carbonyl (C=O) groups excluding carboxylic acids is 1. The first-order chi connectivity index (χ1) is 7.52. The highest BCUT2D eigenvalue weighted by molar-refractivity contribution is 5.73. The Bertz CT molecular complexity index is 241. The van der Waals surface area contributed by atoms with Gasteiger partial charge in [0.1, 0.15) is 0 Å². The minimum Gasteiger partial charge on any atom is -0.469 e. The molecule has 0 aliphatic heterocycles. The summed E-state index contributed by atoms with van der Waals surface area (Å²) in [6.45, 7) is 2.28. The lowest BCUT2D eigenvalue weighted by atomic mass is 9.96. The molecule has 0 spiro atoms. The predicted octanol–water partition coefficient (Wildman–Crippen LogP) is -2.72. The minimum atomic E-state index is -0.393. The van der Waals surface area contributed by atoms with Gasteiger partial charge in [0, 0.05) is 6.04 Å². The number of rotatable bonds is 7. The molecule has 0 radical (unpaired) electrons. The lowest BCUT2D eigenvalue weighted by Gasteiger charge is -2.19. The fourth-order valence-corrected chi connectivity index (χ4v) is 1.37. The molecule has 0 saturated carbocycles. The molecule has 2 atom stereocenters. The van der Waals surface area contributed by atoms with Crippen molar-refractivity contribution in [2.75, 3.05) is 13.7 Å². The maximum Gasteiger partial charge on any atom is 0.338 e. The average molecular weight is 233 g/mol. The molecule has 0 fully saturated rings. The highest BCUT2D eigenvalue weighted by Gasteiger charge is 2.24. The molecule has 0 bridgehead atoms. The molecule has 0 heterocycles. The molecule has 7 N–H and O–H groups in total. The first-order valence-corrected chi connectivity index (χ1v) is 5.12. The maximum absolute atomic E-state index is 11.4. The van der Waals surface area contributed by atoms with Crippen molar-refractivity contribution in [1.82, 2.24) is 5.48 Å². The second-order valence-electron chi connectivity index (χ2n) is 3.57. The Morgan fingerprint density at radius 1 is 1.56 bits per heavy atom. The standard InChI is InChI=1S/C9H20N4O3/c1-6(13-15)7(8(14)16-2)4-3-5-12-9(10)11/h6-7,13,15H,3-5H2,1-2H3,(H4,10,11,12)/p+1. The van der Waals surface area contributed by atoms with E-state index in [4.69, 9.17) is 16.7 Å². The fourth-order valence-electron chi connectivity index (χ4n) is 1.37. The van der Waals surface area contributed by atoms with Gasteiger partial charge in [0.2, 0.25) is 0 Å². The molecule has 2 unspecified atom stereocenters. The number of methoxy groups -OCH3 is 1. The van der Waals surface area contributed by atoms with Gasteiger partial charge >= 0.3 is 11.9 Å². The van der Waals surface area contributed by atoms with Crippen LogP contribution >= 0.6 is 0 Å². The Kier molecular flexibility index (Phi) is 7.23. The molecule has 0 aliphatic carbocycles. The summed E-state index contributed by atoms with van der Waals surface area (Å²) in [5.41, 5.74) is 12.5. The van der Waals surface area contributed by atoms with Crippen molar-refractivity contribution in [3.63, 3.8) is 0 Å². The molecule has 0 aromatic carbocycles. The number of nitrogens with two attached hydrogens (primary N) is 2.